The van der Waals surface area contributed by atoms with E-state index in [4.69, 9.17) is 0 Å². The minimum atomic E-state index is 0.112. The molecule has 3 fully saturated rings. The zero-order chi connectivity index (χ0) is 10.8. The molecule has 0 spiro atoms. The van der Waals surface area contributed by atoms with Crippen LogP contribution < -0.4 is 5.32 Å². The van der Waals surface area contributed by atoms with Gasteiger partial charge in [0.1, 0.15) is 0 Å². The van der Waals surface area contributed by atoms with Crippen LogP contribution in [0.4, 0.5) is 0 Å². The summed E-state index contributed by atoms with van der Waals surface area (Å²) in [6.07, 6.45) is 3.84. The predicted octanol–water partition coefficient (Wildman–Crippen LogP) is 1.24. The highest BCUT2D eigenvalue weighted by Gasteiger charge is 2.29. The van der Waals surface area contributed by atoms with E-state index >= 15 is 0 Å². The van der Waals surface area contributed by atoms with Crippen molar-refractivity contribution >= 4 is 5.91 Å². The normalized spacial score (nSPS) is 35.3. The lowest BCUT2D eigenvalue weighted by Crippen LogP contribution is -2.43. The molecule has 3 rings (SSSR count). The molecule has 1 atom stereocenters. The maximum Gasteiger partial charge on any atom is 0.222 e. The van der Waals surface area contributed by atoms with Gasteiger partial charge in [0.25, 0.3) is 0 Å². The monoisotopic (exact) mass is 210 g/mol. The van der Waals surface area contributed by atoms with E-state index in [0.717, 1.165) is 12.5 Å². The molecule has 3 heterocycles. The zero-order valence-corrected chi connectivity index (χ0v) is 9.83. The minimum absolute atomic E-state index is 0.112. The largest absolute Gasteiger partial charge is 0.352 e. The van der Waals surface area contributed by atoms with E-state index in [1.807, 2.05) is 13.8 Å². The van der Waals surface area contributed by atoms with E-state index in [1.54, 1.807) is 0 Å². The van der Waals surface area contributed by atoms with Crippen LogP contribution in [0.5, 0.6) is 0 Å². The number of fused-ring (bicyclic) bond motifs is 4. The summed E-state index contributed by atoms with van der Waals surface area (Å²) in [5.41, 5.74) is 0. The van der Waals surface area contributed by atoms with Gasteiger partial charge in [0.05, 0.1) is 0 Å². The topological polar surface area (TPSA) is 32.3 Å². The zero-order valence-electron chi connectivity index (χ0n) is 9.83. The third-order valence-electron chi connectivity index (χ3n) is 3.67. The standard InChI is InChI=1S/C12H22N2O/c1-9(2)12(15)13-11-7-10-3-5-14(8-11)6-4-10/h9-11H,3-8H2,1-2H3,(H,13,15). The minimum Gasteiger partial charge on any atom is -0.352 e. The highest BCUT2D eigenvalue weighted by molar-refractivity contribution is 5.78. The molecular weight excluding hydrogens is 188 g/mol. The SMILES string of the molecule is CC(C)C(=O)NC1CC2CCN(CC2)C1. The number of hydrogen-bond acceptors (Lipinski definition) is 2. The van der Waals surface area contributed by atoms with Gasteiger partial charge in [-0.3, -0.25) is 4.79 Å². The second-order valence-corrected chi connectivity index (χ2v) is 5.34. The van der Waals surface area contributed by atoms with Gasteiger partial charge in [-0.1, -0.05) is 13.8 Å². The Labute approximate surface area is 92.2 Å². The van der Waals surface area contributed by atoms with Gasteiger partial charge in [0.15, 0.2) is 0 Å². The summed E-state index contributed by atoms with van der Waals surface area (Å²) in [5.74, 6) is 1.17. The number of carbonyl (C=O) groups excluding carboxylic acids is 1. The molecule has 3 saturated heterocycles. The predicted molar refractivity (Wildman–Crippen MR) is 60.5 cm³/mol. The molecule has 0 aliphatic carbocycles. The summed E-state index contributed by atoms with van der Waals surface area (Å²) >= 11 is 0. The summed E-state index contributed by atoms with van der Waals surface area (Å²) in [5, 5.41) is 3.18. The molecule has 0 aromatic rings. The van der Waals surface area contributed by atoms with Gasteiger partial charge in [-0.15, -0.1) is 0 Å². The molecule has 0 aromatic carbocycles. The van der Waals surface area contributed by atoms with E-state index in [-0.39, 0.29) is 11.8 Å². The lowest BCUT2D eigenvalue weighted by molar-refractivity contribution is -0.124. The second-order valence-electron chi connectivity index (χ2n) is 5.34. The number of nitrogens with one attached hydrogen (secondary N) is 1. The summed E-state index contributed by atoms with van der Waals surface area (Å²) in [6, 6.07) is 0.398. The van der Waals surface area contributed by atoms with Gasteiger partial charge < -0.3 is 10.2 Å². The number of amides is 1. The van der Waals surface area contributed by atoms with Crippen molar-refractivity contribution in [2.24, 2.45) is 11.8 Å². The average Bonchev–Trinajstić information content (AvgIpc) is 2.49. The smallest absolute Gasteiger partial charge is 0.222 e. The molecule has 0 radical (unpaired) electrons. The van der Waals surface area contributed by atoms with Crippen molar-refractivity contribution < 1.29 is 4.79 Å². The molecular formula is C12H22N2O. The Bertz CT molecular complexity index is 218. The number of rotatable bonds is 2. The number of piperidine rings is 1. The van der Waals surface area contributed by atoms with Gasteiger partial charge in [0.2, 0.25) is 5.91 Å². The van der Waals surface area contributed by atoms with Gasteiger partial charge in [-0.2, -0.15) is 0 Å². The molecule has 15 heavy (non-hydrogen) atoms. The first-order chi connectivity index (χ1) is 7.15. The van der Waals surface area contributed by atoms with Gasteiger partial charge in [-0.25, -0.2) is 0 Å². The Morgan fingerprint density at radius 1 is 1.33 bits per heavy atom. The highest BCUT2D eigenvalue weighted by Crippen LogP contribution is 2.26. The Kier molecular flexibility index (Phi) is 3.29. The molecule has 3 aliphatic heterocycles. The van der Waals surface area contributed by atoms with Crippen LogP contribution in [0.1, 0.15) is 33.1 Å². The molecule has 0 saturated carbocycles. The molecule has 2 bridgehead atoms. The Balaban J connectivity index is 1.90. The highest BCUT2D eigenvalue weighted by atomic mass is 16.1. The van der Waals surface area contributed by atoms with Crippen molar-refractivity contribution in [2.75, 3.05) is 19.6 Å². The van der Waals surface area contributed by atoms with Crippen molar-refractivity contribution in [3.8, 4) is 0 Å². The summed E-state index contributed by atoms with van der Waals surface area (Å²) < 4.78 is 0. The van der Waals surface area contributed by atoms with Crippen molar-refractivity contribution in [1.29, 1.82) is 0 Å². The molecule has 3 nitrogen and oxygen atoms in total. The number of hydrogen-bond donors (Lipinski definition) is 1. The van der Waals surface area contributed by atoms with Crippen LogP contribution in [0.2, 0.25) is 0 Å². The van der Waals surface area contributed by atoms with E-state index in [9.17, 15) is 4.79 Å². The van der Waals surface area contributed by atoms with Crippen molar-refractivity contribution in [1.82, 2.24) is 10.2 Å². The van der Waals surface area contributed by atoms with Crippen LogP contribution in [-0.2, 0) is 4.79 Å². The van der Waals surface area contributed by atoms with Gasteiger partial charge in [0, 0.05) is 18.5 Å². The first kappa shape index (κ1) is 10.9. The maximum atomic E-state index is 11.6. The lowest BCUT2D eigenvalue weighted by Gasteiger charge is -2.26. The van der Waals surface area contributed by atoms with Crippen molar-refractivity contribution in [2.45, 2.75) is 39.2 Å². The van der Waals surface area contributed by atoms with Crippen molar-refractivity contribution in [3.05, 3.63) is 0 Å². The molecule has 3 heteroatoms. The molecule has 1 unspecified atom stereocenters. The fraction of sp³-hybridized carbons (Fsp3) is 0.917. The summed E-state index contributed by atoms with van der Waals surface area (Å²) in [6.45, 7) is 7.45. The van der Waals surface area contributed by atoms with Crippen LogP contribution in [0, 0.1) is 11.8 Å². The molecule has 3 aliphatic rings. The van der Waals surface area contributed by atoms with Gasteiger partial charge >= 0.3 is 0 Å². The van der Waals surface area contributed by atoms with Crippen LogP contribution >= 0.6 is 0 Å². The van der Waals surface area contributed by atoms with Crippen LogP contribution in [0.15, 0.2) is 0 Å². The molecule has 1 amide bonds. The van der Waals surface area contributed by atoms with Crippen LogP contribution in [0.25, 0.3) is 0 Å². The molecule has 1 N–H and O–H groups in total. The summed E-state index contributed by atoms with van der Waals surface area (Å²) in [7, 11) is 0. The Morgan fingerprint density at radius 2 is 2.00 bits per heavy atom. The third kappa shape index (κ3) is 2.71. The van der Waals surface area contributed by atoms with E-state index in [1.165, 1.54) is 32.4 Å². The fourth-order valence-corrected chi connectivity index (χ4v) is 2.67. The van der Waals surface area contributed by atoms with Gasteiger partial charge in [-0.05, 0) is 38.3 Å². The fourth-order valence-electron chi connectivity index (χ4n) is 2.67. The average molecular weight is 210 g/mol. The first-order valence-electron chi connectivity index (χ1n) is 6.18. The van der Waals surface area contributed by atoms with Crippen molar-refractivity contribution in [3.63, 3.8) is 0 Å². The second kappa shape index (κ2) is 4.52. The molecule has 0 aromatic heterocycles. The van der Waals surface area contributed by atoms with E-state index in [0.29, 0.717) is 6.04 Å². The Morgan fingerprint density at radius 3 is 2.60 bits per heavy atom. The van der Waals surface area contributed by atoms with E-state index in [2.05, 4.69) is 10.2 Å². The Hall–Kier alpha value is -0.570. The maximum absolute atomic E-state index is 11.6. The first-order valence-corrected chi connectivity index (χ1v) is 6.18. The number of nitrogens with zero attached hydrogens (tertiary/aromatic N) is 1. The quantitative estimate of drug-likeness (QED) is 0.744. The van der Waals surface area contributed by atoms with E-state index < -0.39 is 0 Å². The third-order valence-corrected chi connectivity index (χ3v) is 3.67. The lowest BCUT2D eigenvalue weighted by atomic mass is 9.94. The van der Waals surface area contributed by atoms with Crippen LogP contribution in [0.3, 0.4) is 0 Å². The summed E-state index contributed by atoms with van der Waals surface area (Å²) in [4.78, 5) is 14.1. The number of carbonyl (C=O) groups is 1. The van der Waals surface area contributed by atoms with Crippen LogP contribution in [-0.4, -0.2) is 36.5 Å². The molecule has 86 valence electrons.